The fraction of sp³-hybridized carbons (Fsp3) is 0.286. The van der Waals surface area contributed by atoms with Crippen LogP contribution in [-0.2, 0) is 6.54 Å². The number of nitrogens with zero attached hydrogens (tertiary/aromatic N) is 2. The molecule has 0 atom stereocenters. The van der Waals surface area contributed by atoms with Gasteiger partial charge in [0.15, 0.2) is 0 Å². The number of rotatable bonds is 3. The molecular weight excluding hydrogens is 243 g/mol. The topological polar surface area (TPSA) is 67.7 Å². The zero-order chi connectivity index (χ0) is 14.2. The maximum absolute atomic E-state index is 14.2. The highest BCUT2D eigenvalue weighted by atomic mass is 19.1. The molecule has 0 aliphatic heterocycles. The van der Waals surface area contributed by atoms with E-state index in [4.69, 9.17) is 11.1 Å². The number of halogens is 1. The third-order valence-corrected chi connectivity index (χ3v) is 3.43. The molecule has 2 rings (SSSR count). The summed E-state index contributed by atoms with van der Waals surface area (Å²) in [7, 11) is 0. The summed E-state index contributed by atoms with van der Waals surface area (Å²) in [6.07, 6.45) is 0. The van der Waals surface area contributed by atoms with Crippen molar-refractivity contribution >= 4 is 5.84 Å². The highest BCUT2D eigenvalue weighted by molar-refractivity contribution is 5.95. The van der Waals surface area contributed by atoms with E-state index in [2.05, 4.69) is 5.10 Å². The van der Waals surface area contributed by atoms with Crippen molar-refractivity contribution in [3.8, 4) is 0 Å². The summed E-state index contributed by atoms with van der Waals surface area (Å²) >= 11 is 0. The number of nitrogens with one attached hydrogen (secondary N) is 1. The molecule has 0 saturated carbocycles. The van der Waals surface area contributed by atoms with Gasteiger partial charge < -0.3 is 5.73 Å². The van der Waals surface area contributed by atoms with Gasteiger partial charge in [-0.25, -0.2) is 4.39 Å². The summed E-state index contributed by atoms with van der Waals surface area (Å²) in [5.41, 5.74) is 9.05. The Hall–Kier alpha value is -2.17. The van der Waals surface area contributed by atoms with Crippen LogP contribution in [-0.4, -0.2) is 15.6 Å². The fourth-order valence-electron chi connectivity index (χ4n) is 2.01. The second-order valence-electron chi connectivity index (χ2n) is 4.65. The Morgan fingerprint density at radius 3 is 2.58 bits per heavy atom. The molecule has 3 N–H and O–H groups in total. The molecule has 0 unspecified atom stereocenters. The van der Waals surface area contributed by atoms with E-state index in [1.807, 2.05) is 20.8 Å². The van der Waals surface area contributed by atoms with E-state index in [1.54, 1.807) is 16.8 Å². The minimum atomic E-state index is -0.444. The molecule has 0 aliphatic rings. The van der Waals surface area contributed by atoms with Crippen molar-refractivity contribution in [3.63, 3.8) is 0 Å². The third kappa shape index (κ3) is 2.36. The van der Waals surface area contributed by atoms with Crippen molar-refractivity contribution < 1.29 is 4.39 Å². The quantitative estimate of drug-likeness (QED) is 0.656. The number of nitrogen functional groups attached to an aromatic ring is 1. The first-order valence-corrected chi connectivity index (χ1v) is 6.04. The Labute approximate surface area is 111 Å². The third-order valence-electron chi connectivity index (χ3n) is 3.43. The Morgan fingerprint density at radius 1 is 1.37 bits per heavy atom. The minimum Gasteiger partial charge on any atom is -0.384 e. The number of aryl methyl sites for hydroxylation is 1. The standard InChI is InChI=1S/C14H17FN4/c1-8-9(2)18-19(10(8)3)7-11-5-4-6-12(13(11)15)14(16)17/h4-6H,7H2,1-3H3,(H3,16,17). The SMILES string of the molecule is Cc1nn(Cc2cccc(C(=N)N)c2F)c(C)c1C. The van der Waals surface area contributed by atoms with Crippen LogP contribution in [0.2, 0.25) is 0 Å². The Kier molecular flexibility index (Phi) is 3.38. The lowest BCUT2D eigenvalue weighted by Crippen LogP contribution is -2.15. The van der Waals surface area contributed by atoms with Crippen LogP contribution < -0.4 is 5.73 Å². The molecule has 1 heterocycles. The minimum absolute atomic E-state index is 0.135. The number of aromatic nitrogens is 2. The Morgan fingerprint density at radius 2 is 2.05 bits per heavy atom. The van der Waals surface area contributed by atoms with Gasteiger partial charge in [0, 0.05) is 11.3 Å². The van der Waals surface area contributed by atoms with E-state index in [1.165, 1.54) is 6.07 Å². The van der Waals surface area contributed by atoms with Gasteiger partial charge in [-0.1, -0.05) is 12.1 Å². The number of nitrogens with two attached hydrogens (primary N) is 1. The molecule has 19 heavy (non-hydrogen) atoms. The van der Waals surface area contributed by atoms with Crippen LogP contribution in [0.4, 0.5) is 4.39 Å². The predicted octanol–water partition coefficient (Wildman–Crippen LogP) is 2.28. The maximum Gasteiger partial charge on any atom is 0.139 e. The highest BCUT2D eigenvalue weighted by Crippen LogP contribution is 2.17. The van der Waals surface area contributed by atoms with Gasteiger partial charge in [0.05, 0.1) is 17.8 Å². The predicted molar refractivity (Wildman–Crippen MR) is 73.0 cm³/mol. The van der Waals surface area contributed by atoms with Gasteiger partial charge in [-0.2, -0.15) is 5.10 Å². The van der Waals surface area contributed by atoms with Gasteiger partial charge in [0.1, 0.15) is 11.7 Å². The molecular formula is C14H17FN4. The van der Waals surface area contributed by atoms with E-state index in [9.17, 15) is 4.39 Å². The van der Waals surface area contributed by atoms with Crippen molar-refractivity contribution in [2.75, 3.05) is 0 Å². The average molecular weight is 260 g/mol. The van der Waals surface area contributed by atoms with E-state index in [0.29, 0.717) is 12.1 Å². The number of amidine groups is 1. The molecule has 0 radical (unpaired) electrons. The highest BCUT2D eigenvalue weighted by Gasteiger charge is 2.13. The van der Waals surface area contributed by atoms with Crippen LogP contribution in [0, 0.1) is 32.0 Å². The van der Waals surface area contributed by atoms with Crippen molar-refractivity contribution in [1.82, 2.24) is 9.78 Å². The van der Waals surface area contributed by atoms with Gasteiger partial charge in [0.2, 0.25) is 0 Å². The van der Waals surface area contributed by atoms with Crippen LogP contribution >= 0.6 is 0 Å². The normalized spacial score (nSPS) is 10.7. The van der Waals surface area contributed by atoms with E-state index in [0.717, 1.165) is 17.0 Å². The first-order chi connectivity index (χ1) is 8.91. The molecule has 0 fully saturated rings. The lowest BCUT2D eigenvalue weighted by atomic mass is 10.1. The first kappa shape index (κ1) is 13.3. The molecule has 4 nitrogen and oxygen atoms in total. The van der Waals surface area contributed by atoms with Crippen molar-refractivity contribution in [1.29, 1.82) is 5.41 Å². The van der Waals surface area contributed by atoms with Crippen LogP contribution in [0.5, 0.6) is 0 Å². The summed E-state index contributed by atoms with van der Waals surface area (Å²) in [6.45, 7) is 6.23. The van der Waals surface area contributed by atoms with E-state index >= 15 is 0 Å². The van der Waals surface area contributed by atoms with Gasteiger partial charge in [-0.15, -0.1) is 0 Å². The van der Waals surface area contributed by atoms with Crippen LogP contribution in [0.1, 0.15) is 28.1 Å². The zero-order valence-corrected chi connectivity index (χ0v) is 11.3. The summed E-state index contributed by atoms with van der Waals surface area (Å²) in [5, 5.41) is 11.7. The molecule has 0 amide bonds. The number of hydrogen-bond donors (Lipinski definition) is 2. The second kappa shape index (κ2) is 4.84. The van der Waals surface area contributed by atoms with Gasteiger partial charge in [0.25, 0.3) is 0 Å². The van der Waals surface area contributed by atoms with Gasteiger partial charge in [-0.05, 0) is 32.4 Å². The molecule has 2 aromatic rings. The average Bonchev–Trinajstić information content (AvgIpc) is 2.59. The van der Waals surface area contributed by atoms with Crippen molar-refractivity contribution in [2.24, 2.45) is 5.73 Å². The Balaban J connectivity index is 2.41. The largest absolute Gasteiger partial charge is 0.384 e. The van der Waals surface area contributed by atoms with Crippen LogP contribution in [0.25, 0.3) is 0 Å². The summed E-state index contributed by atoms with van der Waals surface area (Å²) in [5.74, 6) is -0.705. The summed E-state index contributed by atoms with van der Waals surface area (Å²) < 4.78 is 16.0. The smallest absolute Gasteiger partial charge is 0.139 e. The molecule has 1 aromatic heterocycles. The molecule has 0 bridgehead atoms. The molecule has 0 aliphatic carbocycles. The number of benzene rings is 1. The molecule has 100 valence electrons. The number of hydrogen-bond acceptors (Lipinski definition) is 2. The van der Waals surface area contributed by atoms with Gasteiger partial charge in [-0.3, -0.25) is 10.1 Å². The first-order valence-electron chi connectivity index (χ1n) is 6.04. The fourth-order valence-corrected chi connectivity index (χ4v) is 2.01. The van der Waals surface area contributed by atoms with Gasteiger partial charge >= 0.3 is 0 Å². The molecule has 5 heteroatoms. The summed E-state index contributed by atoms with van der Waals surface area (Å²) in [6, 6.07) is 4.90. The van der Waals surface area contributed by atoms with Crippen LogP contribution in [0.15, 0.2) is 18.2 Å². The van der Waals surface area contributed by atoms with E-state index in [-0.39, 0.29) is 11.4 Å². The zero-order valence-electron chi connectivity index (χ0n) is 11.3. The lowest BCUT2D eigenvalue weighted by molar-refractivity contribution is 0.576. The molecule has 0 spiro atoms. The molecule has 1 aromatic carbocycles. The monoisotopic (exact) mass is 260 g/mol. The lowest BCUT2D eigenvalue weighted by Gasteiger charge is -2.09. The van der Waals surface area contributed by atoms with Crippen LogP contribution in [0.3, 0.4) is 0 Å². The van der Waals surface area contributed by atoms with Crippen molar-refractivity contribution in [2.45, 2.75) is 27.3 Å². The van der Waals surface area contributed by atoms with Crippen molar-refractivity contribution in [3.05, 3.63) is 52.1 Å². The molecule has 0 saturated heterocycles. The van der Waals surface area contributed by atoms with E-state index < -0.39 is 5.82 Å². The Bertz CT molecular complexity index is 643. The maximum atomic E-state index is 14.2. The second-order valence-corrected chi connectivity index (χ2v) is 4.65. The summed E-state index contributed by atoms with van der Waals surface area (Å²) in [4.78, 5) is 0.